The van der Waals surface area contributed by atoms with Crippen molar-refractivity contribution in [2.75, 3.05) is 7.11 Å². The van der Waals surface area contributed by atoms with E-state index in [1.807, 2.05) is 66.2 Å². The Morgan fingerprint density at radius 1 is 1.16 bits per heavy atom. The van der Waals surface area contributed by atoms with Crippen molar-refractivity contribution in [3.05, 3.63) is 78.4 Å². The Bertz CT molecular complexity index is 809. The summed E-state index contributed by atoms with van der Waals surface area (Å²) >= 11 is 0. The lowest BCUT2D eigenvalue weighted by Crippen LogP contribution is -2.28. The highest BCUT2D eigenvalue weighted by atomic mass is 16.5. The molecule has 1 heterocycles. The molecule has 1 amide bonds. The molecule has 0 bridgehead atoms. The number of rotatable bonds is 6. The Kier molecular flexibility index (Phi) is 5.14. The van der Waals surface area contributed by atoms with Crippen molar-refractivity contribution >= 4 is 5.91 Å². The van der Waals surface area contributed by atoms with Crippen LogP contribution in [0.2, 0.25) is 0 Å². The van der Waals surface area contributed by atoms with Crippen molar-refractivity contribution in [3.63, 3.8) is 0 Å². The molecule has 3 aromatic rings. The summed E-state index contributed by atoms with van der Waals surface area (Å²) in [4.78, 5) is 16.3. The second-order valence-corrected chi connectivity index (χ2v) is 5.88. The molecule has 3 rings (SSSR count). The van der Waals surface area contributed by atoms with Gasteiger partial charge in [0.1, 0.15) is 5.75 Å². The number of hydrogen-bond donors (Lipinski definition) is 1. The Morgan fingerprint density at radius 2 is 1.88 bits per heavy atom. The van der Waals surface area contributed by atoms with Crippen LogP contribution in [0.3, 0.4) is 0 Å². The highest BCUT2D eigenvalue weighted by Crippen LogP contribution is 2.16. The van der Waals surface area contributed by atoms with Gasteiger partial charge in [0.05, 0.1) is 25.9 Å². The van der Waals surface area contributed by atoms with E-state index in [-0.39, 0.29) is 11.9 Å². The van der Waals surface area contributed by atoms with Crippen LogP contribution >= 0.6 is 0 Å². The predicted octanol–water partition coefficient (Wildman–Crippen LogP) is 3.30. The zero-order valence-corrected chi connectivity index (χ0v) is 14.3. The fraction of sp³-hybridized carbons (Fsp3) is 0.200. The smallest absolute Gasteiger partial charge is 0.224 e. The molecule has 0 aliphatic rings. The minimum Gasteiger partial charge on any atom is -0.497 e. The fourth-order valence-corrected chi connectivity index (χ4v) is 2.65. The third-order valence-corrected chi connectivity index (χ3v) is 4.10. The molecule has 5 heteroatoms. The van der Waals surface area contributed by atoms with Crippen molar-refractivity contribution in [1.82, 2.24) is 14.9 Å². The second kappa shape index (κ2) is 7.66. The molecular formula is C20H21N3O2. The predicted molar refractivity (Wildman–Crippen MR) is 96.8 cm³/mol. The topological polar surface area (TPSA) is 56.1 Å². The lowest BCUT2D eigenvalue weighted by molar-refractivity contribution is -0.121. The number of carbonyl (C=O) groups is 1. The van der Waals surface area contributed by atoms with E-state index in [9.17, 15) is 4.79 Å². The number of nitrogens with one attached hydrogen (secondary N) is 1. The van der Waals surface area contributed by atoms with Gasteiger partial charge in [-0.2, -0.15) is 0 Å². The van der Waals surface area contributed by atoms with Gasteiger partial charge in [0.25, 0.3) is 0 Å². The Labute approximate surface area is 147 Å². The maximum Gasteiger partial charge on any atom is 0.224 e. The standard InChI is InChI=1S/C20H21N3O2/c1-15(17-5-7-18(8-6-17)23-12-11-21-14-23)22-20(24)13-16-3-9-19(25-2)10-4-16/h3-12,14-15H,13H2,1-2H3,(H,22,24). The van der Waals surface area contributed by atoms with Crippen LogP contribution in [0.15, 0.2) is 67.3 Å². The lowest BCUT2D eigenvalue weighted by Gasteiger charge is -2.15. The SMILES string of the molecule is COc1ccc(CC(=O)NC(C)c2ccc(-n3ccnc3)cc2)cc1. The van der Waals surface area contributed by atoms with Gasteiger partial charge in [0.15, 0.2) is 0 Å². The van der Waals surface area contributed by atoms with Crippen molar-refractivity contribution < 1.29 is 9.53 Å². The first-order valence-corrected chi connectivity index (χ1v) is 8.16. The van der Waals surface area contributed by atoms with E-state index in [1.54, 1.807) is 19.6 Å². The van der Waals surface area contributed by atoms with Gasteiger partial charge in [-0.05, 0) is 42.3 Å². The molecule has 1 unspecified atom stereocenters. The van der Waals surface area contributed by atoms with Crippen LogP contribution in [0.25, 0.3) is 5.69 Å². The summed E-state index contributed by atoms with van der Waals surface area (Å²) in [6, 6.07) is 15.6. The van der Waals surface area contributed by atoms with Gasteiger partial charge in [-0.15, -0.1) is 0 Å². The van der Waals surface area contributed by atoms with E-state index in [1.165, 1.54) is 0 Å². The maximum atomic E-state index is 12.2. The fourth-order valence-electron chi connectivity index (χ4n) is 2.65. The number of imidazole rings is 1. The Balaban J connectivity index is 1.59. The summed E-state index contributed by atoms with van der Waals surface area (Å²) in [6.07, 6.45) is 5.75. The third kappa shape index (κ3) is 4.26. The normalized spacial score (nSPS) is 11.8. The summed E-state index contributed by atoms with van der Waals surface area (Å²) in [6.45, 7) is 1.98. The van der Waals surface area contributed by atoms with Crippen LogP contribution in [0.4, 0.5) is 0 Å². The van der Waals surface area contributed by atoms with E-state index in [0.717, 1.165) is 22.6 Å². The first kappa shape index (κ1) is 16.8. The third-order valence-electron chi connectivity index (χ3n) is 4.10. The summed E-state index contributed by atoms with van der Waals surface area (Å²) in [7, 11) is 1.63. The number of aromatic nitrogens is 2. The minimum atomic E-state index is -0.0532. The number of ether oxygens (including phenoxy) is 1. The molecule has 0 aliphatic heterocycles. The van der Waals surface area contributed by atoms with Crippen LogP contribution in [0, 0.1) is 0 Å². The molecule has 0 spiro atoms. The van der Waals surface area contributed by atoms with E-state index in [0.29, 0.717) is 6.42 Å². The molecule has 25 heavy (non-hydrogen) atoms. The van der Waals surface area contributed by atoms with Gasteiger partial charge in [-0.3, -0.25) is 4.79 Å². The molecule has 1 atom stereocenters. The molecular weight excluding hydrogens is 314 g/mol. The summed E-state index contributed by atoms with van der Waals surface area (Å²) in [5.41, 5.74) is 3.06. The first-order chi connectivity index (χ1) is 12.2. The Morgan fingerprint density at radius 3 is 2.48 bits per heavy atom. The number of amides is 1. The van der Waals surface area contributed by atoms with Gasteiger partial charge >= 0.3 is 0 Å². The van der Waals surface area contributed by atoms with E-state index < -0.39 is 0 Å². The van der Waals surface area contributed by atoms with Crippen LogP contribution in [0.1, 0.15) is 24.1 Å². The molecule has 5 nitrogen and oxygen atoms in total. The molecule has 2 aromatic carbocycles. The average molecular weight is 335 g/mol. The second-order valence-electron chi connectivity index (χ2n) is 5.88. The van der Waals surface area contributed by atoms with E-state index in [2.05, 4.69) is 10.3 Å². The largest absolute Gasteiger partial charge is 0.497 e. The minimum absolute atomic E-state index is 0.00338. The maximum absolute atomic E-state index is 12.2. The molecule has 1 aromatic heterocycles. The van der Waals surface area contributed by atoms with Gasteiger partial charge < -0.3 is 14.6 Å². The molecule has 0 saturated carbocycles. The average Bonchev–Trinajstić information content (AvgIpc) is 3.17. The van der Waals surface area contributed by atoms with Gasteiger partial charge in [-0.25, -0.2) is 4.98 Å². The molecule has 1 N–H and O–H groups in total. The molecule has 0 saturated heterocycles. The quantitative estimate of drug-likeness (QED) is 0.752. The van der Waals surface area contributed by atoms with Crippen molar-refractivity contribution in [2.24, 2.45) is 0 Å². The molecule has 0 aliphatic carbocycles. The highest BCUT2D eigenvalue weighted by Gasteiger charge is 2.10. The van der Waals surface area contributed by atoms with Gasteiger partial charge in [0.2, 0.25) is 5.91 Å². The summed E-state index contributed by atoms with van der Waals surface area (Å²) in [5, 5.41) is 3.04. The summed E-state index contributed by atoms with van der Waals surface area (Å²) in [5.74, 6) is 0.784. The van der Waals surface area contributed by atoms with Crippen LogP contribution in [-0.4, -0.2) is 22.6 Å². The molecule has 128 valence electrons. The van der Waals surface area contributed by atoms with E-state index in [4.69, 9.17) is 4.74 Å². The zero-order valence-electron chi connectivity index (χ0n) is 14.3. The Hall–Kier alpha value is -3.08. The van der Waals surface area contributed by atoms with Crippen molar-refractivity contribution in [3.8, 4) is 11.4 Å². The van der Waals surface area contributed by atoms with Crippen LogP contribution in [-0.2, 0) is 11.2 Å². The van der Waals surface area contributed by atoms with Gasteiger partial charge in [-0.1, -0.05) is 24.3 Å². The van der Waals surface area contributed by atoms with Crippen molar-refractivity contribution in [2.45, 2.75) is 19.4 Å². The van der Waals surface area contributed by atoms with Crippen LogP contribution in [0.5, 0.6) is 5.75 Å². The van der Waals surface area contributed by atoms with Crippen LogP contribution < -0.4 is 10.1 Å². The van der Waals surface area contributed by atoms with E-state index >= 15 is 0 Å². The first-order valence-electron chi connectivity index (χ1n) is 8.16. The number of carbonyl (C=O) groups excluding carboxylic acids is 1. The number of benzene rings is 2. The monoisotopic (exact) mass is 335 g/mol. The highest BCUT2D eigenvalue weighted by molar-refractivity contribution is 5.79. The molecule has 0 fully saturated rings. The number of nitrogens with zero attached hydrogens (tertiary/aromatic N) is 2. The lowest BCUT2D eigenvalue weighted by atomic mass is 10.1. The molecule has 0 radical (unpaired) electrons. The number of hydrogen-bond acceptors (Lipinski definition) is 3. The number of methoxy groups -OCH3 is 1. The van der Waals surface area contributed by atoms with Gasteiger partial charge in [0, 0.05) is 18.1 Å². The van der Waals surface area contributed by atoms with Crippen molar-refractivity contribution in [1.29, 1.82) is 0 Å². The zero-order chi connectivity index (χ0) is 17.6. The summed E-state index contributed by atoms with van der Waals surface area (Å²) < 4.78 is 7.07.